The minimum atomic E-state index is -4.67. The molecule has 2 aromatic rings. The van der Waals surface area contributed by atoms with Gasteiger partial charge in [-0.25, -0.2) is 4.68 Å². The number of fused-ring (bicyclic) bond motifs is 1. The number of carbonyl (C=O) groups is 1. The second kappa shape index (κ2) is 4.96. The molecular weight excluding hydrogens is 325 g/mol. The maximum Gasteiger partial charge on any atom is 0.453 e. The zero-order valence-corrected chi connectivity index (χ0v) is 12.6. The average Bonchev–Trinajstić information content (AvgIpc) is 3.13. The number of hydrogen-bond donors (Lipinski definition) is 1. The van der Waals surface area contributed by atoms with E-state index in [1.807, 2.05) is 6.92 Å². The molecule has 0 saturated heterocycles. The average molecular weight is 338 g/mol. The number of anilines is 1. The van der Waals surface area contributed by atoms with Crippen LogP contribution in [-0.2, 0) is 11.0 Å². The molecule has 3 heterocycles. The molecule has 0 amide bonds. The maximum absolute atomic E-state index is 13.0. The van der Waals surface area contributed by atoms with Gasteiger partial charge in [0.25, 0.3) is 5.82 Å². The predicted molar refractivity (Wildman–Crippen MR) is 75.9 cm³/mol. The van der Waals surface area contributed by atoms with Gasteiger partial charge in [-0.3, -0.25) is 4.79 Å². The summed E-state index contributed by atoms with van der Waals surface area (Å²) in [7, 11) is 0. The third-order valence-corrected chi connectivity index (χ3v) is 4.19. The Hall–Kier alpha value is -2.58. The lowest BCUT2D eigenvalue weighted by atomic mass is 9.82. The van der Waals surface area contributed by atoms with Crippen molar-refractivity contribution in [2.24, 2.45) is 5.92 Å². The molecule has 0 fully saturated rings. The molecule has 0 aromatic carbocycles. The number of aromatic nitrogens is 3. The largest absolute Gasteiger partial charge is 0.467 e. The van der Waals surface area contributed by atoms with Gasteiger partial charge in [-0.2, -0.15) is 18.2 Å². The molecule has 24 heavy (non-hydrogen) atoms. The maximum atomic E-state index is 13.0. The number of rotatable bonds is 1. The number of allylic oxidation sites excluding steroid dienone is 2. The first kappa shape index (κ1) is 15.0. The van der Waals surface area contributed by atoms with E-state index in [2.05, 4.69) is 15.4 Å². The van der Waals surface area contributed by atoms with Gasteiger partial charge in [0.1, 0.15) is 11.8 Å². The van der Waals surface area contributed by atoms with Crippen LogP contribution in [0.1, 0.15) is 37.4 Å². The van der Waals surface area contributed by atoms with Crippen molar-refractivity contribution in [1.29, 1.82) is 0 Å². The summed E-state index contributed by atoms with van der Waals surface area (Å²) in [5.74, 6) is -0.942. The summed E-state index contributed by atoms with van der Waals surface area (Å²) in [4.78, 5) is 16.1. The third kappa shape index (κ3) is 2.22. The summed E-state index contributed by atoms with van der Waals surface area (Å²) in [5.41, 5.74) is 0.989. The zero-order chi connectivity index (χ0) is 17.1. The van der Waals surface area contributed by atoms with Crippen molar-refractivity contribution in [3.8, 4) is 0 Å². The van der Waals surface area contributed by atoms with Gasteiger partial charge in [0, 0.05) is 17.7 Å². The summed E-state index contributed by atoms with van der Waals surface area (Å²) in [6, 6.07) is 2.40. The molecular formula is C15H13F3N4O2. The minimum Gasteiger partial charge on any atom is -0.467 e. The Morgan fingerprint density at radius 2 is 2.17 bits per heavy atom. The summed E-state index contributed by atoms with van der Waals surface area (Å²) in [6.07, 6.45) is -2.35. The number of hydrogen-bond acceptors (Lipinski definition) is 5. The van der Waals surface area contributed by atoms with E-state index in [0.29, 0.717) is 29.9 Å². The van der Waals surface area contributed by atoms with Crippen molar-refractivity contribution in [3.63, 3.8) is 0 Å². The van der Waals surface area contributed by atoms with Gasteiger partial charge >= 0.3 is 6.18 Å². The molecule has 1 N–H and O–H groups in total. The van der Waals surface area contributed by atoms with E-state index in [9.17, 15) is 18.0 Å². The lowest BCUT2D eigenvalue weighted by molar-refractivity contribution is -0.145. The van der Waals surface area contributed by atoms with Gasteiger partial charge in [-0.15, -0.1) is 5.10 Å². The second-order valence-electron chi connectivity index (χ2n) is 6.07. The van der Waals surface area contributed by atoms with Gasteiger partial charge in [0.05, 0.1) is 6.26 Å². The number of alkyl halides is 3. The third-order valence-electron chi connectivity index (χ3n) is 4.19. The van der Waals surface area contributed by atoms with Crippen LogP contribution in [0, 0.1) is 5.92 Å². The molecule has 0 unspecified atom stereocenters. The van der Waals surface area contributed by atoms with Crippen LogP contribution in [0.25, 0.3) is 0 Å². The number of halogens is 3. The Morgan fingerprint density at radius 1 is 1.38 bits per heavy atom. The molecule has 126 valence electrons. The van der Waals surface area contributed by atoms with Gasteiger partial charge in [0.15, 0.2) is 5.78 Å². The lowest BCUT2D eigenvalue weighted by Gasteiger charge is -2.32. The van der Waals surface area contributed by atoms with Crippen LogP contribution < -0.4 is 5.32 Å². The fourth-order valence-corrected chi connectivity index (χ4v) is 3.24. The van der Waals surface area contributed by atoms with Crippen molar-refractivity contribution in [3.05, 3.63) is 41.3 Å². The first-order valence-corrected chi connectivity index (χ1v) is 7.45. The number of carbonyl (C=O) groups excluding carboxylic acids is 1. The standard InChI is InChI=1S/C15H13F3N4O2/c1-7-5-8-11(9(23)6-7)12(10-3-2-4-24-10)22-14(19-8)20-13(21-22)15(16,17)18/h2-4,7,12H,5-6H2,1H3,(H,19,20,21)/t7-,12-/m0/s1. The Kier molecular flexibility index (Phi) is 3.09. The quantitative estimate of drug-likeness (QED) is 0.865. The molecule has 9 heteroatoms. The number of Topliss-reactive ketones (excluding diaryl/α,β-unsaturated/α-hetero) is 1. The molecule has 0 saturated carbocycles. The fraction of sp³-hybridized carbons (Fsp3) is 0.400. The van der Waals surface area contributed by atoms with Crippen molar-refractivity contribution in [2.75, 3.05) is 5.32 Å². The lowest BCUT2D eigenvalue weighted by Crippen LogP contribution is -2.33. The molecule has 1 aliphatic carbocycles. The number of nitrogens with zero attached hydrogens (tertiary/aromatic N) is 3. The summed E-state index contributed by atoms with van der Waals surface area (Å²) in [6.45, 7) is 1.92. The van der Waals surface area contributed by atoms with Crippen LogP contribution in [0.4, 0.5) is 19.1 Å². The molecule has 0 bridgehead atoms. The molecule has 4 rings (SSSR count). The van der Waals surface area contributed by atoms with Crippen molar-refractivity contribution >= 4 is 11.7 Å². The van der Waals surface area contributed by atoms with Crippen molar-refractivity contribution in [2.45, 2.75) is 32.0 Å². The summed E-state index contributed by atoms with van der Waals surface area (Å²) < 4.78 is 45.4. The van der Waals surface area contributed by atoms with E-state index in [1.54, 1.807) is 12.1 Å². The van der Waals surface area contributed by atoms with Gasteiger partial charge in [-0.1, -0.05) is 6.92 Å². The van der Waals surface area contributed by atoms with E-state index in [-0.39, 0.29) is 17.6 Å². The second-order valence-corrected chi connectivity index (χ2v) is 6.07. The van der Waals surface area contributed by atoms with Crippen LogP contribution in [-0.4, -0.2) is 20.5 Å². The summed E-state index contributed by atoms with van der Waals surface area (Å²) in [5, 5.41) is 6.43. The van der Waals surface area contributed by atoms with Gasteiger partial charge in [-0.05, 0) is 24.5 Å². The Morgan fingerprint density at radius 3 is 2.83 bits per heavy atom. The highest BCUT2D eigenvalue weighted by molar-refractivity contribution is 5.99. The van der Waals surface area contributed by atoms with Crippen LogP contribution >= 0.6 is 0 Å². The minimum absolute atomic E-state index is 0.0376. The number of furan rings is 1. The number of nitrogens with one attached hydrogen (secondary N) is 1. The SMILES string of the molecule is C[C@@H]1CC(=O)C2=C(C1)Nc1nc(C(F)(F)F)nn1[C@H]2c1ccco1. The highest BCUT2D eigenvalue weighted by Gasteiger charge is 2.43. The van der Waals surface area contributed by atoms with Crippen LogP contribution in [0.5, 0.6) is 0 Å². The van der Waals surface area contributed by atoms with Gasteiger partial charge < -0.3 is 9.73 Å². The van der Waals surface area contributed by atoms with Crippen LogP contribution in [0.2, 0.25) is 0 Å². The smallest absolute Gasteiger partial charge is 0.453 e. The van der Waals surface area contributed by atoms with Gasteiger partial charge in [0.2, 0.25) is 5.95 Å². The van der Waals surface area contributed by atoms with E-state index >= 15 is 0 Å². The summed E-state index contributed by atoms with van der Waals surface area (Å²) >= 11 is 0. The van der Waals surface area contributed by atoms with E-state index < -0.39 is 18.0 Å². The van der Waals surface area contributed by atoms with Crippen LogP contribution in [0.15, 0.2) is 34.1 Å². The molecule has 0 spiro atoms. The molecule has 0 radical (unpaired) electrons. The molecule has 2 aromatic heterocycles. The Labute approximate surface area is 134 Å². The molecule has 6 nitrogen and oxygen atoms in total. The highest BCUT2D eigenvalue weighted by atomic mass is 19.4. The number of ketones is 1. The van der Waals surface area contributed by atoms with E-state index in [4.69, 9.17) is 4.42 Å². The fourth-order valence-electron chi connectivity index (χ4n) is 3.24. The van der Waals surface area contributed by atoms with E-state index in [0.717, 1.165) is 4.68 Å². The monoisotopic (exact) mass is 338 g/mol. The van der Waals surface area contributed by atoms with Crippen LogP contribution in [0.3, 0.4) is 0 Å². The van der Waals surface area contributed by atoms with Crippen molar-refractivity contribution in [1.82, 2.24) is 14.8 Å². The normalized spacial score (nSPS) is 23.8. The van der Waals surface area contributed by atoms with E-state index in [1.165, 1.54) is 6.26 Å². The molecule has 1 aliphatic heterocycles. The topological polar surface area (TPSA) is 73.0 Å². The Bertz CT molecular complexity index is 836. The zero-order valence-electron chi connectivity index (χ0n) is 12.6. The first-order chi connectivity index (χ1) is 11.3. The Balaban J connectivity index is 1.90. The molecule has 2 aliphatic rings. The molecule has 2 atom stereocenters. The first-order valence-electron chi connectivity index (χ1n) is 7.45. The highest BCUT2D eigenvalue weighted by Crippen LogP contribution is 2.42. The van der Waals surface area contributed by atoms with Crippen molar-refractivity contribution < 1.29 is 22.4 Å². The predicted octanol–water partition coefficient (Wildman–Crippen LogP) is 3.16.